The lowest BCUT2D eigenvalue weighted by molar-refractivity contribution is 0.0471. The van der Waals surface area contributed by atoms with Crippen molar-refractivity contribution in [1.29, 1.82) is 0 Å². The lowest BCUT2D eigenvalue weighted by Gasteiger charge is -2.26. The van der Waals surface area contributed by atoms with E-state index in [1.807, 2.05) is 49.4 Å². The van der Waals surface area contributed by atoms with Crippen molar-refractivity contribution in [3.05, 3.63) is 208 Å². The SMILES string of the molecule is COc1c2cccc1Cc1cc(C(C)(C)C)cc(c1OC)Cc1cc3cc(c1OC)Cc1cc(C(C)(C)C)cc(c1OC)Cc1cc(cc(c1OC)Cc1cc(C(C)(C)C)cc(c1OC)C2)C(=O)OCc1cc(C)cc(c1)COC3=O. The first-order valence-corrected chi connectivity index (χ1v) is 28.0. The lowest BCUT2D eigenvalue weighted by atomic mass is 9.81. The molecule has 7 aromatic carbocycles. The van der Waals surface area contributed by atoms with Gasteiger partial charge in [-0.05, 0) is 148 Å². The second kappa shape index (κ2) is 23.0. The van der Waals surface area contributed by atoms with E-state index in [1.165, 1.54) is 0 Å². The van der Waals surface area contributed by atoms with Gasteiger partial charge in [0.2, 0.25) is 0 Å². The molecule has 0 fully saturated rings. The van der Waals surface area contributed by atoms with E-state index in [9.17, 15) is 9.59 Å². The van der Waals surface area contributed by atoms with Gasteiger partial charge in [0, 0.05) is 38.5 Å². The summed E-state index contributed by atoms with van der Waals surface area (Å²) >= 11 is 0. The number of carbonyl (C=O) groups is 2. The standard InChI is InChI=1S/C71H80O10/c1-41-20-42-22-43(21-41)40-81-68(73)57-30-47-26-53-36-59(70(5,6)7)34-51(65(53)78-15)24-45-19-17-18-44(61(45)74-11)23-50-33-58(69(2,3)4)35-52(64(50)77-14)25-46-29-56(67(72)80-39-42)31-48(62(46)75-12)27-54-37-60(71(8,9)10)38-55(66(54)79-16)28-49(32-57)63(47)76-13/h17-22,29-38H,23-28,39-40H2,1-16H3. The van der Waals surface area contributed by atoms with E-state index in [0.29, 0.717) is 66.9 Å². The molecule has 424 valence electrons. The molecule has 0 N–H and O–H groups in total. The average molecular weight is 1090 g/mol. The molecule has 16 bridgehead atoms. The van der Waals surface area contributed by atoms with E-state index in [1.54, 1.807) is 42.7 Å². The maximum Gasteiger partial charge on any atom is 0.338 e. The van der Waals surface area contributed by atoms with Crippen LogP contribution in [0.25, 0.3) is 0 Å². The fourth-order valence-electron chi connectivity index (χ4n) is 11.9. The number of esters is 2. The van der Waals surface area contributed by atoms with Gasteiger partial charge in [0.05, 0.1) is 53.8 Å². The Labute approximate surface area is 480 Å². The summed E-state index contributed by atoms with van der Waals surface area (Å²) < 4.78 is 51.4. The summed E-state index contributed by atoms with van der Waals surface area (Å²) in [6.07, 6.45) is 2.40. The predicted octanol–water partition coefficient (Wildman–Crippen LogP) is 14.8. The Morgan fingerprint density at radius 1 is 0.333 bits per heavy atom. The molecule has 0 unspecified atom stereocenters. The lowest BCUT2D eigenvalue weighted by Crippen LogP contribution is -2.15. The predicted molar refractivity (Wildman–Crippen MR) is 320 cm³/mol. The highest BCUT2D eigenvalue weighted by Crippen LogP contribution is 2.44. The van der Waals surface area contributed by atoms with Gasteiger partial charge in [0.25, 0.3) is 0 Å². The quantitative estimate of drug-likeness (QED) is 0.149. The van der Waals surface area contributed by atoms with Gasteiger partial charge in [-0.2, -0.15) is 0 Å². The van der Waals surface area contributed by atoms with Crippen LogP contribution < -0.4 is 28.4 Å². The molecule has 0 radical (unpaired) electrons. The molecule has 1 heterocycles. The first-order chi connectivity index (χ1) is 38.4. The Balaban J connectivity index is 1.41. The normalized spacial score (nSPS) is 14.0. The zero-order chi connectivity index (χ0) is 58.3. The molecule has 7 aromatic rings. The molecule has 0 saturated carbocycles. The van der Waals surface area contributed by atoms with Crippen LogP contribution in [0.1, 0.15) is 183 Å². The zero-order valence-electron chi connectivity index (χ0n) is 50.5. The largest absolute Gasteiger partial charge is 0.496 e. The number of benzene rings is 7. The molecule has 0 aromatic heterocycles. The van der Waals surface area contributed by atoms with Crippen molar-refractivity contribution in [2.45, 2.75) is 137 Å². The Hall–Kier alpha value is -7.72. The van der Waals surface area contributed by atoms with Crippen LogP contribution in [0.3, 0.4) is 0 Å². The second-order valence-corrected chi connectivity index (χ2v) is 25.0. The number of methoxy groups -OCH3 is 6. The van der Waals surface area contributed by atoms with Crippen molar-refractivity contribution >= 4 is 11.9 Å². The number of aryl methyl sites for hydroxylation is 1. The van der Waals surface area contributed by atoms with Crippen molar-refractivity contribution in [2.75, 3.05) is 42.7 Å². The molecule has 2 aliphatic rings. The van der Waals surface area contributed by atoms with E-state index in [-0.39, 0.29) is 29.5 Å². The number of hydrogen-bond acceptors (Lipinski definition) is 10. The van der Waals surface area contributed by atoms with Gasteiger partial charge in [-0.1, -0.05) is 135 Å². The topological polar surface area (TPSA) is 108 Å². The zero-order valence-corrected chi connectivity index (χ0v) is 50.5. The van der Waals surface area contributed by atoms with Crippen LogP contribution in [0.2, 0.25) is 0 Å². The van der Waals surface area contributed by atoms with Crippen LogP contribution in [-0.4, -0.2) is 54.6 Å². The molecule has 9 rings (SSSR count). The van der Waals surface area contributed by atoms with Gasteiger partial charge >= 0.3 is 11.9 Å². The highest BCUT2D eigenvalue weighted by molar-refractivity contribution is 5.91. The number of para-hydroxylation sites is 1. The molecule has 0 saturated heterocycles. The smallest absolute Gasteiger partial charge is 0.338 e. The molecule has 10 heteroatoms. The number of hydrogen-bond donors (Lipinski definition) is 0. The van der Waals surface area contributed by atoms with E-state index < -0.39 is 11.9 Å². The molecule has 10 nitrogen and oxygen atoms in total. The Morgan fingerprint density at radius 3 is 0.815 bits per heavy atom. The third kappa shape index (κ3) is 12.3. The van der Waals surface area contributed by atoms with Crippen LogP contribution in [-0.2, 0) is 77.5 Å². The molecular weight excluding hydrogens is 1010 g/mol. The summed E-state index contributed by atoms with van der Waals surface area (Å²) in [5.41, 5.74) is 16.6. The van der Waals surface area contributed by atoms with E-state index >= 15 is 0 Å². The van der Waals surface area contributed by atoms with Crippen LogP contribution >= 0.6 is 0 Å². The summed E-state index contributed by atoms with van der Waals surface area (Å²) in [4.78, 5) is 29.4. The highest BCUT2D eigenvalue weighted by atomic mass is 16.5. The van der Waals surface area contributed by atoms with Crippen LogP contribution in [0.15, 0.2) is 97.1 Å². The summed E-state index contributed by atoms with van der Waals surface area (Å²) in [5.74, 6) is 3.23. The maximum atomic E-state index is 14.7. The van der Waals surface area contributed by atoms with Crippen LogP contribution in [0, 0.1) is 6.92 Å². The third-order valence-corrected chi connectivity index (χ3v) is 15.9. The van der Waals surface area contributed by atoms with Gasteiger partial charge < -0.3 is 37.9 Å². The monoisotopic (exact) mass is 1090 g/mol. The van der Waals surface area contributed by atoms with Gasteiger partial charge in [0.1, 0.15) is 47.7 Å². The van der Waals surface area contributed by atoms with Crippen LogP contribution in [0.4, 0.5) is 0 Å². The van der Waals surface area contributed by atoms with Gasteiger partial charge in [0.15, 0.2) is 0 Å². The van der Waals surface area contributed by atoms with Crippen LogP contribution in [0.5, 0.6) is 34.5 Å². The molecule has 1 aliphatic heterocycles. The number of fused-ring (bicyclic) bond motifs is 12. The maximum absolute atomic E-state index is 14.7. The molecule has 0 amide bonds. The minimum Gasteiger partial charge on any atom is -0.496 e. The number of carbonyl (C=O) groups excluding carboxylic acids is 2. The number of rotatable bonds is 6. The van der Waals surface area contributed by atoms with E-state index in [2.05, 4.69) is 117 Å². The summed E-state index contributed by atoms with van der Waals surface area (Å²) in [6, 6.07) is 33.2. The van der Waals surface area contributed by atoms with E-state index in [4.69, 9.17) is 37.9 Å². The third-order valence-electron chi connectivity index (χ3n) is 15.9. The number of cyclic esters (lactones) is 2. The van der Waals surface area contributed by atoms with Gasteiger partial charge in [-0.25, -0.2) is 9.59 Å². The molecule has 1 aliphatic carbocycles. The number of ether oxygens (including phenoxy) is 8. The van der Waals surface area contributed by atoms with Crippen molar-refractivity contribution in [3.63, 3.8) is 0 Å². The Bertz CT molecular complexity index is 3350. The fraction of sp³-hybridized carbons (Fsp3) is 0.380. The average Bonchev–Trinajstić information content (AvgIpc) is 3.61. The highest BCUT2D eigenvalue weighted by Gasteiger charge is 2.29. The van der Waals surface area contributed by atoms with Crippen molar-refractivity contribution in [2.24, 2.45) is 0 Å². The molecular formula is C71H80O10. The van der Waals surface area contributed by atoms with E-state index in [0.717, 1.165) is 117 Å². The fourth-order valence-corrected chi connectivity index (χ4v) is 11.9. The second-order valence-electron chi connectivity index (χ2n) is 25.0. The Morgan fingerprint density at radius 2 is 0.568 bits per heavy atom. The molecule has 0 spiro atoms. The molecule has 0 atom stereocenters. The Kier molecular flexibility index (Phi) is 16.5. The minimum absolute atomic E-state index is 0.00870. The summed E-state index contributed by atoms with van der Waals surface area (Å²) in [6.45, 7) is 21.9. The van der Waals surface area contributed by atoms with Crippen molar-refractivity contribution < 1.29 is 47.5 Å². The first-order valence-electron chi connectivity index (χ1n) is 28.0. The van der Waals surface area contributed by atoms with Gasteiger partial charge in [-0.15, -0.1) is 0 Å². The van der Waals surface area contributed by atoms with Crippen molar-refractivity contribution in [3.8, 4) is 34.5 Å². The summed E-state index contributed by atoms with van der Waals surface area (Å²) in [7, 11) is 10.3. The van der Waals surface area contributed by atoms with Crippen molar-refractivity contribution in [1.82, 2.24) is 0 Å². The minimum atomic E-state index is -0.490. The first kappa shape index (κ1) is 58.0. The molecule has 81 heavy (non-hydrogen) atoms. The summed E-state index contributed by atoms with van der Waals surface area (Å²) in [5, 5.41) is 0. The van der Waals surface area contributed by atoms with Gasteiger partial charge in [-0.3, -0.25) is 0 Å².